The zero-order valence-electron chi connectivity index (χ0n) is 16.4. The number of carbonyl (C=O) groups is 1. The molecule has 2 atom stereocenters. The molecule has 2 heterocycles. The number of amides is 1. The first-order valence-electron chi connectivity index (χ1n) is 9.66. The number of nitrogens with one attached hydrogen (secondary N) is 1. The molecule has 0 fully saturated rings. The van der Waals surface area contributed by atoms with Gasteiger partial charge in [-0.2, -0.15) is 23.4 Å². The lowest BCUT2D eigenvalue weighted by Gasteiger charge is -2.20. The van der Waals surface area contributed by atoms with Crippen LogP contribution in [0.3, 0.4) is 0 Å². The molecule has 0 bridgehead atoms. The molecular formula is C19H26F3N5O. The van der Waals surface area contributed by atoms with Gasteiger partial charge in [-0.15, -0.1) is 0 Å². The maximum atomic E-state index is 13.3. The van der Waals surface area contributed by atoms with Crippen LogP contribution in [0.2, 0.25) is 0 Å². The number of aryl methyl sites for hydroxylation is 1. The predicted molar refractivity (Wildman–Crippen MR) is 97.7 cm³/mol. The molecule has 3 rings (SSSR count). The van der Waals surface area contributed by atoms with Gasteiger partial charge in [0.05, 0.1) is 5.69 Å². The number of halogens is 3. The second-order valence-electron chi connectivity index (χ2n) is 7.52. The Labute approximate surface area is 162 Å². The molecule has 0 spiro atoms. The highest BCUT2D eigenvalue weighted by atomic mass is 19.4. The standard InChI is InChI=1S/C19H26F3N5O/c1-4-15(18(28)23-10-12(2)11-26-9-8-13(3)24-26)27-16-7-5-6-14(16)17(25-27)19(20,21)22/h8-9,12,15H,4-7,10-11H2,1-3H3,(H,23,28). The minimum atomic E-state index is -4.50. The Bertz CT molecular complexity index is 839. The van der Waals surface area contributed by atoms with Crippen molar-refractivity contribution in [3.8, 4) is 0 Å². The highest BCUT2D eigenvalue weighted by Gasteiger charge is 2.41. The Morgan fingerprint density at radius 2 is 2.07 bits per heavy atom. The fourth-order valence-corrected chi connectivity index (χ4v) is 3.76. The van der Waals surface area contributed by atoms with Crippen molar-refractivity contribution in [1.29, 1.82) is 0 Å². The number of hydrogen-bond donors (Lipinski definition) is 1. The van der Waals surface area contributed by atoms with Crippen molar-refractivity contribution in [2.45, 2.75) is 65.2 Å². The molecule has 2 aromatic rings. The molecule has 6 nitrogen and oxygen atoms in total. The Balaban J connectivity index is 1.69. The topological polar surface area (TPSA) is 64.7 Å². The maximum Gasteiger partial charge on any atom is 0.435 e. The number of alkyl halides is 3. The lowest BCUT2D eigenvalue weighted by atomic mass is 10.1. The molecule has 1 N–H and O–H groups in total. The van der Waals surface area contributed by atoms with Gasteiger partial charge in [-0.3, -0.25) is 14.2 Å². The smallest absolute Gasteiger partial charge is 0.354 e. The van der Waals surface area contributed by atoms with E-state index in [9.17, 15) is 18.0 Å². The van der Waals surface area contributed by atoms with Gasteiger partial charge in [-0.1, -0.05) is 13.8 Å². The van der Waals surface area contributed by atoms with E-state index < -0.39 is 17.9 Å². The first kappa shape index (κ1) is 20.4. The summed E-state index contributed by atoms with van der Waals surface area (Å²) in [5, 5.41) is 11.0. The van der Waals surface area contributed by atoms with Crippen LogP contribution in [-0.4, -0.2) is 32.0 Å². The third-order valence-electron chi connectivity index (χ3n) is 5.11. The number of rotatable bonds is 7. The number of carbonyl (C=O) groups excluding carboxylic acids is 1. The molecule has 0 saturated carbocycles. The molecule has 0 saturated heterocycles. The minimum absolute atomic E-state index is 0.134. The second-order valence-corrected chi connectivity index (χ2v) is 7.52. The number of hydrogen-bond acceptors (Lipinski definition) is 3. The average molecular weight is 397 g/mol. The van der Waals surface area contributed by atoms with Gasteiger partial charge in [0, 0.05) is 30.5 Å². The molecule has 154 valence electrons. The molecule has 9 heteroatoms. The predicted octanol–water partition coefficient (Wildman–Crippen LogP) is 3.30. The van der Waals surface area contributed by atoms with Gasteiger partial charge in [0.15, 0.2) is 5.69 Å². The molecular weight excluding hydrogens is 371 g/mol. The van der Waals surface area contributed by atoms with E-state index in [1.807, 2.05) is 30.8 Å². The highest BCUT2D eigenvalue weighted by Crippen LogP contribution is 2.37. The largest absolute Gasteiger partial charge is 0.435 e. The molecule has 1 aliphatic rings. The van der Waals surface area contributed by atoms with Gasteiger partial charge < -0.3 is 5.32 Å². The monoisotopic (exact) mass is 397 g/mol. The minimum Gasteiger partial charge on any atom is -0.354 e. The normalized spacial score (nSPS) is 16.1. The van der Waals surface area contributed by atoms with E-state index in [0.29, 0.717) is 44.5 Å². The van der Waals surface area contributed by atoms with Crippen molar-refractivity contribution in [3.05, 3.63) is 34.9 Å². The summed E-state index contributed by atoms with van der Waals surface area (Å²) >= 11 is 0. The van der Waals surface area contributed by atoms with Crippen LogP contribution in [0.1, 0.15) is 55.4 Å². The van der Waals surface area contributed by atoms with E-state index in [2.05, 4.69) is 15.5 Å². The number of fused-ring (bicyclic) bond motifs is 1. The van der Waals surface area contributed by atoms with Gasteiger partial charge in [0.25, 0.3) is 0 Å². The summed E-state index contributed by atoms with van der Waals surface area (Å²) < 4.78 is 43.0. The molecule has 28 heavy (non-hydrogen) atoms. The lowest BCUT2D eigenvalue weighted by Crippen LogP contribution is -2.36. The Morgan fingerprint density at radius 3 is 2.68 bits per heavy atom. The lowest BCUT2D eigenvalue weighted by molar-refractivity contribution is -0.142. The summed E-state index contributed by atoms with van der Waals surface area (Å²) in [6.07, 6.45) is -0.683. The quantitative estimate of drug-likeness (QED) is 0.780. The number of aromatic nitrogens is 4. The van der Waals surface area contributed by atoms with Crippen LogP contribution in [0, 0.1) is 12.8 Å². The zero-order valence-corrected chi connectivity index (χ0v) is 16.4. The number of nitrogens with zero attached hydrogens (tertiary/aromatic N) is 4. The summed E-state index contributed by atoms with van der Waals surface area (Å²) in [4.78, 5) is 12.7. The summed E-state index contributed by atoms with van der Waals surface area (Å²) in [6, 6.07) is 1.18. The van der Waals surface area contributed by atoms with E-state index in [4.69, 9.17) is 0 Å². The van der Waals surface area contributed by atoms with E-state index in [1.54, 1.807) is 6.92 Å². The fourth-order valence-electron chi connectivity index (χ4n) is 3.76. The SMILES string of the molecule is CCC(C(=O)NCC(C)Cn1ccc(C)n1)n1nc(C(F)(F)F)c2c1CCC2. The van der Waals surface area contributed by atoms with E-state index >= 15 is 0 Å². The van der Waals surface area contributed by atoms with Crippen molar-refractivity contribution in [3.63, 3.8) is 0 Å². The Morgan fingerprint density at radius 1 is 1.32 bits per heavy atom. The first-order valence-corrected chi connectivity index (χ1v) is 9.66. The summed E-state index contributed by atoms with van der Waals surface area (Å²) in [7, 11) is 0. The molecule has 0 aliphatic heterocycles. The summed E-state index contributed by atoms with van der Waals surface area (Å²) in [6.45, 7) is 6.76. The molecule has 2 aromatic heterocycles. The van der Waals surface area contributed by atoms with E-state index in [-0.39, 0.29) is 17.4 Å². The second kappa shape index (κ2) is 7.97. The van der Waals surface area contributed by atoms with Crippen LogP contribution in [-0.2, 0) is 30.4 Å². The van der Waals surface area contributed by atoms with Crippen LogP contribution in [0.25, 0.3) is 0 Å². The third kappa shape index (κ3) is 4.23. The molecule has 0 radical (unpaired) electrons. The maximum absolute atomic E-state index is 13.3. The van der Waals surface area contributed by atoms with Gasteiger partial charge in [0.1, 0.15) is 6.04 Å². The first-order chi connectivity index (χ1) is 13.2. The van der Waals surface area contributed by atoms with Crippen LogP contribution < -0.4 is 5.32 Å². The van der Waals surface area contributed by atoms with Crippen molar-refractivity contribution in [2.75, 3.05) is 6.54 Å². The van der Waals surface area contributed by atoms with Crippen molar-refractivity contribution >= 4 is 5.91 Å². The van der Waals surface area contributed by atoms with Crippen LogP contribution in [0.15, 0.2) is 12.3 Å². The van der Waals surface area contributed by atoms with Gasteiger partial charge in [0.2, 0.25) is 5.91 Å². The van der Waals surface area contributed by atoms with Gasteiger partial charge in [-0.05, 0) is 44.6 Å². The van der Waals surface area contributed by atoms with E-state index in [0.717, 1.165) is 5.69 Å². The van der Waals surface area contributed by atoms with Crippen molar-refractivity contribution in [2.24, 2.45) is 5.92 Å². The van der Waals surface area contributed by atoms with Crippen molar-refractivity contribution < 1.29 is 18.0 Å². The van der Waals surface area contributed by atoms with E-state index in [1.165, 1.54) is 4.68 Å². The van der Waals surface area contributed by atoms with Crippen LogP contribution >= 0.6 is 0 Å². The molecule has 0 aromatic carbocycles. The van der Waals surface area contributed by atoms with Crippen molar-refractivity contribution in [1.82, 2.24) is 24.9 Å². The molecule has 2 unspecified atom stereocenters. The molecule has 1 aliphatic carbocycles. The Hall–Kier alpha value is -2.32. The van der Waals surface area contributed by atoms with Gasteiger partial charge >= 0.3 is 6.18 Å². The summed E-state index contributed by atoms with van der Waals surface area (Å²) in [5.74, 6) is -0.160. The fraction of sp³-hybridized carbons (Fsp3) is 0.632. The third-order valence-corrected chi connectivity index (χ3v) is 5.11. The zero-order chi connectivity index (χ0) is 20.5. The highest BCUT2D eigenvalue weighted by molar-refractivity contribution is 5.80. The van der Waals surface area contributed by atoms with Crippen LogP contribution in [0.4, 0.5) is 13.2 Å². The molecule has 1 amide bonds. The Kier molecular flexibility index (Phi) is 5.81. The summed E-state index contributed by atoms with van der Waals surface area (Å²) in [5.41, 5.74) is 0.888. The van der Waals surface area contributed by atoms with Crippen LogP contribution in [0.5, 0.6) is 0 Å². The average Bonchev–Trinajstić information content (AvgIpc) is 3.30. The van der Waals surface area contributed by atoms with Gasteiger partial charge in [-0.25, -0.2) is 0 Å².